The number of nitrogens with two attached hydrogens (primary N) is 1. The van der Waals surface area contributed by atoms with Crippen molar-refractivity contribution in [3.63, 3.8) is 0 Å². The lowest BCUT2D eigenvalue weighted by atomic mass is 10.0. The minimum absolute atomic E-state index is 0.0632. The Balaban J connectivity index is 2.15. The number of nitrogens with zero attached hydrogens (tertiary/aromatic N) is 1. The second-order valence-electron chi connectivity index (χ2n) is 5.65. The zero-order valence-electron chi connectivity index (χ0n) is 13.6. The van der Waals surface area contributed by atoms with Gasteiger partial charge in [0, 0.05) is 18.7 Å². The van der Waals surface area contributed by atoms with Crippen LogP contribution in [0.4, 0.5) is 5.69 Å². The molecule has 1 unspecified atom stereocenters. The lowest BCUT2D eigenvalue weighted by Crippen LogP contribution is -2.46. The van der Waals surface area contributed by atoms with E-state index in [4.69, 9.17) is 15.2 Å². The predicted molar refractivity (Wildman–Crippen MR) is 92.2 cm³/mol. The van der Waals surface area contributed by atoms with Crippen LogP contribution in [0.25, 0.3) is 0 Å². The van der Waals surface area contributed by atoms with E-state index in [-0.39, 0.29) is 23.2 Å². The van der Waals surface area contributed by atoms with Crippen LogP contribution in [-0.4, -0.2) is 35.2 Å². The fourth-order valence-electron chi connectivity index (χ4n) is 2.92. The summed E-state index contributed by atoms with van der Waals surface area (Å²) < 4.78 is 38.3. The summed E-state index contributed by atoms with van der Waals surface area (Å²) in [6, 6.07) is 11.9. The van der Waals surface area contributed by atoms with Crippen LogP contribution in [0, 0.1) is 0 Å². The Morgan fingerprint density at radius 3 is 2.58 bits per heavy atom. The Labute approximate surface area is 141 Å². The molecule has 0 saturated heterocycles. The Kier molecular flexibility index (Phi) is 4.38. The van der Waals surface area contributed by atoms with Gasteiger partial charge in [-0.05, 0) is 30.2 Å². The molecule has 2 N–H and O–H groups in total. The van der Waals surface area contributed by atoms with Gasteiger partial charge in [-0.25, -0.2) is 8.42 Å². The summed E-state index contributed by atoms with van der Waals surface area (Å²) in [4.78, 5) is 0.0632. The molecule has 128 valence electrons. The lowest BCUT2D eigenvalue weighted by molar-refractivity contribution is 0.392. The van der Waals surface area contributed by atoms with E-state index in [9.17, 15) is 8.42 Å². The van der Waals surface area contributed by atoms with Gasteiger partial charge in [-0.3, -0.25) is 4.31 Å². The van der Waals surface area contributed by atoms with Crippen LogP contribution < -0.4 is 19.5 Å². The van der Waals surface area contributed by atoms with Crippen molar-refractivity contribution in [1.82, 2.24) is 0 Å². The molecule has 3 rings (SSSR count). The molecule has 0 saturated carbocycles. The second-order valence-corrected chi connectivity index (χ2v) is 7.48. The van der Waals surface area contributed by atoms with Crippen molar-refractivity contribution in [3.05, 3.63) is 48.0 Å². The minimum atomic E-state index is -3.84. The third kappa shape index (κ3) is 2.81. The number of benzene rings is 2. The number of hydrogen-bond donors (Lipinski definition) is 1. The van der Waals surface area contributed by atoms with Gasteiger partial charge in [0.2, 0.25) is 0 Å². The van der Waals surface area contributed by atoms with Crippen molar-refractivity contribution >= 4 is 15.7 Å². The van der Waals surface area contributed by atoms with Gasteiger partial charge in [0.1, 0.15) is 16.4 Å². The first kappa shape index (κ1) is 16.6. The van der Waals surface area contributed by atoms with Crippen molar-refractivity contribution in [3.8, 4) is 11.5 Å². The number of methoxy groups -OCH3 is 2. The first-order chi connectivity index (χ1) is 11.5. The van der Waals surface area contributed by atoms with Crippen LogP contribution in [0.2, 0.25) is 0 Å². The van der Waals surface area contributed by atoms with Crippen LogP contribution >= 0.6 is 0 Å². The Hall–Kier alpha value is -2.25. The molecule has 0 aliphatic carbocycles. The number of anilines is 1. The molecule has 1 atom stereocenters. The van der Waals surface area contributed by atoms with Gasteiger partial charge in [0.25, 0.3) is 10.0 Å². The van der Waals surface area contributed by atoms with Gasteiger partial charge in [-0.15, -0.1) is 0 Å². The van der Waals surface area contributed by atoms with Gasteiger partial charge in [0.05, 0.1) is 19.9 Å². The lowest BCUT2D eigenvalue weighted by Gasteiger charge is -2.34. The van der Waals surface area contributed by atoms with Crippen molar-refractivity contribution in [1.29, 1.82) is 0 Å². The van der Waals surface area contributed by atoms with Crippen LogP contribution in [-0.2, 0) is 16.4 Å². The van der Waals surface area contributed by atoms with Crippen molar-refractivity contribution in [2.75, 3.05) is 25.1 Å². The van der Waals surface area contributed by atoms with Gasteiger partial charge in [-0.1, -0.05) is 18.2 Å². The van der Waals surface area contributed by atoms with E-state index >= 15 is 0 Å². The molecule has 0 radical (unpaired) electrons. The zero-order chi connectivity index (χ0) is 17.3. The number of fused-ring (bicyclic) bond motifs is 1. The standard InChI is InChI=1S/C17H20N2O4S/c1-22-14-7-8-16(23-2)17(10-14)24(20,21)19-11-13(18)9-12-5-3-4-6-15(12)19/h3-8,10,13H,9,11,18H2,1-2H3. The fraction of sp³-hybridized carbons (Fsp3) is 0.294. The quantitative estimate of drug-likeness (QED) is 0.911. The van der Waals surface area contributed by atoms with Crippen molar-refractivity contribution in [2.45, 2.75) is 17.4 Å². The molecule has 2 aromatic rings. The average Bonchev–Trinajstić information content (AvgIpc) is 2.60. The molecule has 7 heteroatoms. The summed E-state index contributed by atoms with van der Waals surface area (Å²) in [5.41, 5.74) is 7.65. The van der Waals surface area contributed by atoms with Crippen LogP contribution in [0.15, 0.2) is 47.4 Å². The number of para-hydroxylation sites is 1. The van der Waals surface area contributed by atoms with E-state index in [0.29, 0.717) is 17.9 Å². The summed E-state index contributed by atoms with van der Waals surface area (Å²) in [6.07, 6.45) is 0.650. The largest absolute Gasteiger partial charge is 0.497 e. The van der Waals surface area contributed by atoms with Gasteiger partial charge in [-0.2, -0.15) is 0 Å². The van der Waals surface area contributed by atoms with E-state index < -0.39 is 10.0 Å². The van der Waals surface area contributed by atoms with Crippen LogP contribution in [0.3, 0.4) is 0 Å². The van der Waals surface area contributed by atoms with Gasteiger partial charge < -0.3 is 15.2 Å². The molecule has 6 nitrogen and oxygen atoms in total. The average molecular weight is 348 g/mol. The fourth-order valence-corrected chi connectivity index (χ4v) is 4.65. The van der Waals surface area contributed by atoms with Crippen LogP contribution in [0.5, 0.6) is 11.5 Å². The van der Waals surface area contributed by atoms with E-state index in [2.05, 4.69) is 0 Å². The first-order valence-corrected chi connectivity index (χ1v) is 8.99. The van der Waals surface area contributed by atoms with Gasteiger partial charge in [0.15, 0.2) is 0 Å². The summed E-state index contributed by atoms with van der Waals surface area (Å²) >= 11 is 0. The summed E-state index contributed by atoms with van der Waals surface area (Å²) in [7, 11) is -0.904. The number of sulfonamides is 1. The minimum Gasteiger partial charge on any atom is -0.497 e. The molecular formula is C17H20N2O4S. The van der Waals surface area contributed by atoms with E-state index in [0.717, 1.165) is 5.56 Å². The second kappa shape index (κ2) is 6.33. The highest BCUT2D eigenvalue weighted by Crippen LogP contribution is 2.36. The molecule has 0 bridgehead atoms. The normalized spacial score (nSPS) is 17.3. The SMILES string of the molecule is COc1ccc(OC)c(S(=O)(=O)N2CC(N)Cc3ccccc32)c1. The number of rotatable bonds is 4. The maximum absolute atomic E-state index is 13.3. The summed E-state index contributed by atoms with van der Waals surface area (Å²) in [5, 5.41) is 0. The Morgan fingerprint density at radius 1 is 1.12 bits per heavy atom. The van der Waals surface area contributed by atoms with E-state index in [1.165, 1.54) is 24.6 Å². The predicted octanol–water partition coefficient (Wildman–Crippen LogP) is 1.78. The zero-order valence-corrected chi connectivity index (χ0v) is 14.4. The molecule has 24 heavy (non-hydrogen) atoms. The monoisotopic (exact) mass is 348 g/mol. The van der Waals surface area contributed by atoms with E-state index in [1.54, 1.807) is 18.2 Å². The topological polar surface area (TPSA) is 81.9 Å². The maximum Gasteiger partial charge on any atom is 0.268 e. The summed E-state index contributed by atoms with van der Waals surface area (Å²) in [6.45, 7) is 0.222. The highest BCUT2D eigenvalue weighted by molar-refractivity contribution is 7.93. The molecular weight excluding hydrogens is 328 g/mol. The molecule has 2 aromatic carbocycles. The molecule has 1 heterocycles. The Morgan fingerprint density at radius 2 is 1.88 bits per heavy atom. The number of ether oxygens (including phenoxy) is 2. The van der Waals surface area contributed by atoms with Gasteiger partial charge >= 0.3 is 0 Å². The highest BCUT2D eigenvalue weighted by Gasteiger charge is 2.34. The molecule has 0 aromatic heterocycles. The van der Waals surface area contributed by atoms with Crippen molar-refractivity contribution in [2.24, 2.45) is 5.73 Å². The van der Waals surface area contributed by atoms with E-state index in [1.807, 2.05) is 18.2 Å². The summed E-state index contributed by atoms with van der Waals surface area (Å²) in [5.74, 6) is 0.719. The molecule has 0 fully saturated rings. The first-order valence-electron chi connectivity index (χ1n) is 7.55. The third-order valence-corrected chi connectivity index (χ3v) is 5.88. The maximum atomic E-state index is 13.3. The molecule has 1 aliphatic rings. The highest BCUT2D eigenvalue weighted by atomic mass is 32.2. The number of hydrogen-bond acceptors (Lipinski definition) is 5. The third-order valence-electron chi connectivity index (χ3n) is 4.08. The van der Waals surface area contributed by atoms with Crippen molar-refractivity contribution < 1.29 is 17.9 Å². The molecule has 1 aliphatic heterocycles. The molecule has 0 amide bonds. The molecule has 0 spiro atoms. The Bertz CT molecular complexity index is 851. The van der Waals surface area contributed by atoms with Crippen LogP contribution in [0.1, 0.15) is 5.56 Å². The smallest absolute Gasteiger partial charge is 0.268 e.